The molecule has 0 aromatic rings. The lowest BCUT2D eigenvalue weighted by Crippen LogP contribution is -2.33. The maximum absolute atomic E-state index is 10.6. The summed E-state index contributed by atoms with van der Waals surface area (Å²) in [6.07, 6.45) is -0.847. The molecule has 0 radical (unpaired) electrons. The van der Waals surface area contributed by atoms with Gasteiger partial charge in [0.2, 0.25) is 5.91 Å². The lowest BCUT2D eigenvalue weighted by Gasteiger charge is -2.19. The molecule has 0 heterocycles. The molecular formula is C6H13N2O6P. The van der Waals surface area contributed by atoms with E-state index in [0.717, 1.165) is 4.90 Å². The van der Waals surface area contributed by atoms with Crippen LogP contribution in [-0.2, 0) is 14.2 Å². The first-order chi connectivity index (χ1) is 6.70. The third-order valence-electron chi connectivity index (χ3n) is 1.42. The predicted molar refractivity (Wildman–Crippen MR) is 49.9 cm³/mol. The van der Waals surface area contributed by atoms with Gasteiger partial charge in [0.25, 0.3) is 0 Å². The molecule has 9 heteroatoms. The number of nitrogens with zero attached hydrogens (tertiary/aromatic N) is 1. The van der Waals surface area contributed by atoms with Gasteiger partial charge in [0, 0.05) is 13.0 Å². The average molecular weight is 240 g/mol. The molecule has 0 bridgehead atoms. The van der Waals surface area contributed by atoms with E-state index in [4.69, 9.17) is 20.6 Å². The first-order valence-corrected chi connectivity index (χ1v) is 5.77. The highest BCUT2D eigenvalue weighted by atomic mass is 31.2. The van der Waals surface area contributed by atoms with Gasteiger partial charge in [-0.15, -0.1) is 0 Å². The van der Waals surface area contributed by atoms with Crippen LogP contribution >= 0.6 is 7.60 Å². The molecule has 0 spiro atoms. The Morgan fingerprint density at radius 1 is 1.33 bits per heavy atom. The number of carbonyl (C=O) groups excluding carboxylic acids is 1. The molecule has 0 saturated carbocycles. The number of hydrogen-bond donors (Lipinski definition) is 4. The van der Waals surface area contributed by atoms with Crippen LogP contribution in [0.1, 0.15) is 6.42 Å². The molecule has 0 aromatic carbocycles. The highest BCUT2D eigenvalue weighted by Gasteiger charge is 2.21. The van der Waals surface area contributed by atoms with Gasteiger partial charge in [0.1, 0.15) is 6.29 Å². The van der Waals surface area contributed by atoms with Crippen LogP contribution < -0.4 is 5.73 Å². The number of rotatable bonds is 7. The van der Waals surface area contributed by atoms with E-state index in [1.807, 2.05) is 0 Å². The minimum Gasteiger partial charge on any atom is -0.480 e. The summed E-state index contributed by atoms with van der Waals surface area (Å²) in [4.78, 5) is 39.0. The second-order valence-corrected chi connectivity index (χ2v) is 4.58. The highest BCUT2D eigenvalue weighted by Crippen LogP contribution is 2.34. The monoisotopic (exact) mass is 240 g/mol. The zero-order valence-corrected chi connectivity index (χ0v) is 8.76. The van der Waals surface area contributed by atoms with Gasteiger partial charge in [-0.05, 0) is 0 Å². The molecule has 5 N–H and O–H groups in total. The molecule has 15 heavy (non-hydrogen) atoms. The second-order valence-electron chi connectivity index (χ2n) is 2.97. The maximum Gasteiger partial charge on any atom is 0.339 e. The van der Waals surface area contributed by atoms with E-state index in [1.165, 1.54) is 0 Å². The number of hydrogen-bond acceptors (Lipinski definition) is 4. The van der Waals surface area contributed by atoms with Crippen LogP contribution in [0.5, 0.6) is 0 Å². The van der Waals surface area contributed by atoms with Gasteiger partial charge in [-0.25, -0.2) is 0 Å². The number of aliphatic carboxylic acids is 1. The van der Waals surface area contributed by atoms with Crippen molar-refractivity contribution in [3.8, 4) is 0 Å². The molecule has 0 atom stereocenters. The molecule has 8 nitrogen and oxygen atoms in total. The van der Waals surface area contributed by atoms with Crippen LogP contribution in [0.2, 0.25) is 0 Å². The second kappa shape index (κ2) is 5.82. The van der Waals surface area contributed by atoms with Gasteiger partial charge in [-0.1, -0.05) is 0 Å². The molecule has 0 aliphatic rings. The van der Waals surface area contributed by atoms with E-state index in [2.05, 4.69) is 0 Å². The summed E-state index contributed by atoms with van der Waals surface area (Å²) in [7, 11) is -4.33. The van der Waals surface area contributed by atoms with Gasteiger partial charge in [0.15, 0.2) is 0 Å². The number of carbonyl (C=O) groups is 2. The van der Waals surface area contributed by atoms with Gasteiger partial charge in [-0.2, -0.15) is 0 Å². The topological polar surface area (TPSA) is 141 Å². The summed E-state index contributed by atoms with van der Waals surface area (Å²) in [6, 6.07) is 0. The summed E-state index contributed by atoms with van der Waals surface area (Å²) in [5.74, 6) is -1.89. The van der Waals surface area contributed by atoms with Crippen molar-refractivity contribution in [3.05, 3.63) is 0 Å². The Morgan fingerprint density at radius 3 is 2.20 bits per heavy atom. The summed E-state index contributed by atoms with van der Waals surface area (Å²) in [5.41, 5.74) is 4.83. The Balaban J connectivity index is 4.24. The van der Waals surface area contributed by atoms with E-state index in [-0.39, 0.29) is 13.0 Å². The Hall–Kier alpha value is -0.950. The minimum atomic E-state index is -4.33. The van der Waals surface area contributed by atoms with Gasteiger partial charge >= 0.3 is 13.6 Å². The fourth-order valence-corrected chi connectivity index (χ4v) is 1.68. The Bertz CT molecular complexity index is 287. The standard InChI is InChI=1S/C6H13N2O6P/c7-5(9)1-2-8(3-6(10)11)4-15(12,13)14/h1-4H2,(H2,7,9)(H,10,11)(H2,12,13,14). The molecule has 0 aliphatic heterocycles. The summed E-state index contributed by atoms with van der Waals surface area (Å²) < 4.78 is 10.6. The normalized spacial score (nSPS) is 11.7. The van der Waals surface area contributed by atoms with Crippen molar-refractivity contribution in [2.24, 2.45) is 5.73 Å². The lowest BCUT2D eigenvalue weighted by molar-refractivity contribution is -0.138. The van der Waals surface area contributed by atoms with Crippen molar-refractivity contribution < 1.29 is 29.0 Å². The smallest absolute Gasteiger partial charge is 0.339 e. The van der Waals surface area contributed by atoms with Gasteiger partial charge in [0.05, 0.1) is 6.54 Å². The van der Waals surface area contributed by atoms with Crippen LogP contribution in [-0.4, -0.2) is 51.0 Å². The van der Waals surface area contributed by atoms with Crippen LogP contribution in [0.25, 0.3) is 0 Å². The zero-order chi connectivity index (χ0) is 12.1. The van der Waals surface area contributed by atoms with Crippen LogP contribution in [0.3, 0.4) is 0 Å². The molecular weight excluding hydrogens is 227 g/mol. The van der Waals surface area contributed by atoms with Crippen molar-refractivity contribution in [1.29, 1.82) is 0 Å². The highest BCUT2D eigenvalue weighted by molar-refractivity contribution is 7.51. The maximum atomic E-state index is 10.6. The fourth-order valence-electron chi connectivity index (χ4n) is 0.920. The Morgan fingerprint density at radius 2 is 1.87 bits per heavy atom. The molecule has 0 aliphatic carbocycles. The predicted octanol–water partition coefficient (Wildman–Crippen LogP) is -1.62. The third kappa shape index (κ3) is 9.36. The van der Waals surface area contributed by atoms with Crippen molar-refractivity contribution >= 4 is 19.5 Å². The van der Waals surface area contributed by atoms with E-state index in [9.17, 15) is 14.2 Å². The number of carboxylic acids is 1. The molecule has 0 fully saturated rings. The molecule has 0 unspecified atom stereocenters. The SMILES string of the molecule is NC(=O)CCN(CC(=O)O)CP(=O)(O)O. The van der Waals surface area contributed by atoms with Crippen molar-refractivity contribution in [2.45, 2.75) is 6.42 Å². The molecule has 0 aromatic heterocycles. The van der Waals surface area contributed by atoms with E-state index < -0.39 is 32.3 Å². The first-order valence-electron chi connectivity index (χ1n) is 3.98. The molecule has 0 saturated heterocycles. The van der Waals surface area contributed by atoms with Crippen molar-refractivity contribution in [2.75, 3.05) is 19.4 Å². The van der Waals surface area contributed by atoms with Crippen LogP contribution in [0.15, 0.2) is 0 Å². The van der Waals surface area contributed by atoms with E-state index >= 15 is 0 Å². The molecule has 88 valence electrons. The average Bonchev–Trinajstić information content (AvgIpc) is 1.95. The van der Waals surface area contributed by atoms with Crippen LogP contribution in [0, 0.1) is 0 Å². The minimum absolute atomic E-state index is 0.0905. The fraction of sp³-hybridized carbons (Fsp3) is 0.667. The molecule has 0 rings (SSSR count). The van der Waals surface area contributed by atoms with Gasteiger partial charge < -0.3 is 20.6 Å². The lowest BCUT2D eigenvalue weighted by atomic mass is 10.4. The van der Waals surface area contributed by atoms with Crippen molar-refractivity contribution in [1.82, 2.24) is 4.90 Å². The number of amides is 1. The van der Waals surface area contributed by atoms with Crippen molar-refractivity contribution in [3.63, 3.8) is 0 Å². The van der Waals surface area contributed by atoms with Gasteiger partial charge in [-0.3, -0.25) is 19.1 Å². The Kier molecular flexibility index (Phi) is 5.45. The summed E-state index contributed by atoms with van der Waals surface area (Å²) >= 11 is 0. The summed E-state index contributed by atoms with van der Waals surface area (Å²) in [5, 5.41) is 8.44. The number of nitrogens with two attached hydrogens (primary N) is 1. The van der Waals surface area contributed by atoms with E-state index in [1.54, 1.807) is 0 Å². The Labute approximate surface area is 85.8 Å². The first kappa shape index (κ1) is 14.1. The van der Waals surface area contributed by atoms with E-state index in [0.29, 0.717) is 0 Å². The number of primary amides is 1. The third-order valence-corrected chi connectivity index (χ3v) is 2.19. The zero-order valence-electron chi connectivity index (χ0n) is 7.87. The number of carboxylic acid groups (broad SMARTS) is 1. The molecule has 1 amide bonds. The largest absolute Gasteiger partial charge is 0.480 e. The summed E-state index contributed by atoms with van der Waals surface area (Å²) in [6.45, 7) is -0.634. The van der Waals surface area contributed by atoms with Crippen LogP contribution in [0.4, 0.5) is 0 Å². The quantitative estimate of drug-likeness (QED) is 0.392.